The Kier molecular flexibility index (Phi) is 5.35. The summed E-state index contributed by atoms with van der Waals surface area (Å²) >= 11 is 0. The minimum absolute atomic E-state index is 0.617. The Morgan fingerprint density at radius 3 is 2.13 bits per heavy atom. The zero-order valence-corrected chi connectivity index (χ0v) is 18.0. The summed E-state index contributed by atoms with van der Waals surface area (Å²) in [5.74, 6) is 3.56. The molecule has 0 heterocycles. The van der Waals surface area contributed by atoms with Crippen molar-refractivity contribution in [3.63, 3.8) is 0 Å². The molecule has 3 aromatic carbocycles. The Morgan fingerprint density at radius 1 is 0.767 bits per heavy atom. The van der Waals surface area contributed by atoms with Crippen LogP contribution in [0.15, 0.2) is 78.9 Å². The lowest BCUT2D eigenvalue weighted by Gasteiger charge is -2.49. The molecule has 3 aliphatic carbocycles. The van der Waals surface area contributed by atoms with Gasteiger partial charge in [0.2, 0.25) is 0 Å². The molecular formula is C28H31NO. The predicted molar refractivity (Wildman–Crippen MR) is 123 cm³/mol. The first kappa shape index (κ1) is 19.4. The van der Waals surface area contributed by atoms with E-state index < -0.39 is 0 Å². The highest BCUT2D eigenvalue weighted by molar-refractivity contribution is 5.44. The Morgan fingerprint density at radius 2 is 1.43 bits per heavy atom. The van der Waals surface area contributed by atoms with Gasteiger partial charge >= 0.3 is 0 Å². The van der Waals surface area contributed by atoms with E-state index in [2.05, 4.69) is 90.8 Å². The number of fused-ring (bicyclic) bond motifs is 2. The summed E-state index contributed by atoms with van der Waals surface area (Å²) in [7, 11) is 4.02. The van der Waals surface area contributed by atoms with Crippen molar-refractivity contribution in [3.05, 3.63) is 101 Å². The van der Waals surface area contributed by atoms with Crippen LogP contribution in [0, 0.1) is 5.92 Å². The average molecular weight is 398 g/mol. The lowest BCUT2D eigenvalue weighted by Crippen LogP contribution is -2.39. The highest BCUT2D eigenvalue weighted by Gasteiger charge is 2.45. The normalized spacial score (nSPS) is 24.6. The van der Waals surface area contributed by atoms with Crippen molar-refractivity contribution in [1.82, 2.24) is 4.90 Å². The van der Waals surface area contributed by atoms with Crippen molar-refractivity contribution < 1.29 is 4.74 Å². The summed E-state index contributed by atoms with van der Waals surface area (Å²) < 4.78 is 5.38. The fourth-order valence-corrected chi connectivity index (χ4v) is 5.98. The molecule has 6 rings (SSSR count). The van der Waals surface area contributed by atoms with Gasteiger partial charge in [-0.05, 0) is 77.9 Å². The van der Waals surface area contributed by atoms with Crippen LogP contribution in [0.1, 0.15) is 52.8 Å². The third-order valence-corrected chi connectivity index (χ3v) is 7.30. The maximum absolute atomic E-state index is 5.38. The second kappa shape index (κ2) is 8.28. The third-order valence-electron chi connectivity index (χ3n) is 7.30. The molecule has 0 amide bonds. The van der Waals surface area contributed by atoms with Gasteiger partial charge in [0.05, 0.1) is 7.11 Å². The standard InChI is InChI=1S/C28H31NO/c1-29(18-20-8-4-3-5-9-20)19-22-16-28-25-11-7-6-10-24(25)27(22)17-26(28)21-12-14-23(30-2)15-13-21/h3-15,22,26-28H,16-19H2,1-2H3/t22-,26+,27+,28-/m0/s1. The predicted octanol–water partition coefficient (Wildman–Crippen LogP) is 6.20. The molecule has 0 N–H and O–H groups in total. The largest absolute Gasteiger partial charge is 0.497 e. The van der Waals surface area contributed by atoms with Gasteiger partial charge in [-0.3, -0.25) is 0 Å². The van der Waals surface area contributed by atoms with Gasteiger partial charge in [-0.15, -0.1) is 0 Å². The molecule has 0 unspecified atom stereocenters. The Labute approximate surface area is 180 Å². The van der Waals surface area contributed by atoms with Crippen molar-refractivity contribution in [2.24, 2.45) is 5.92 Å². The van der Waals surface area contributed by atoms with Crippen LogP contribution in [-0.2, 0) is 6.54 Å². The number of hydrogen-bond donors (Lipinski definition) is 0. The van der Waals surface area contributed by atoms with Crippen LogP contribution in [0.5, 0.6) is 5.75 Å². The van der Waals surface area contributed by atoms with Crippen LogP contribution in [-0.4, -0.2) is 25.6 Å². The van der Waals surface area contributed by atoms with E-state index in [1.807, 2.05) is 0 Å². The number of nitrogens with zero attached hydrogens (tertiary/aromatic N) is 1. The van der Waals surface area contributed by atoms with Crippen molar-refractivity contribution in [2.75, 3.05) is 20.7 Å². The average Bonchev–Trinajstić information content (AvgIpc) is 2.80. The molecule has 0 radical (unpaired) electrons. The molecule has 2 bridgehead atoms. The summed E-state index contributed by atoms with van der Waals surface area (Å²) in [4.78, 5) is 2.52. The molecule has 2 nitrogen and oxygen atoms in total. The second-order valence-corrected chi connectivity index (χ2v) is 9.14. The minimum atomic E-state index is 0.617. The van der Waals surface area contributed by atoms with Crippen LogP contribution >= 0.6 is 0 Å². The van der Waals surface area contributed by atoms with E-state index in [0.717, 1.165) is 18.2 Å². The van der Waals surface area contributed by atoms with Gasteiger partial charge in [-0.1, -0.05) is 66.7 Å². The highest BCUT2D eigenvalue weighted by atomic mass is 16.5. The number of hydrogen-bond acceptors (Lipinski definition) is 2. The van der Waals surface area contributed by atoms with Gasteiger partial charge in [0, 0.05) is 13.1 Å². The molecule has 30 heavy (non-hydrogen) atoms. The summed E-state index contributed by atoms with van der Waals surface area (Å²) in [5.41, 5.74) is 6.07. The summed E-state index contributed by atoms with van der Waals surface area (Å²) in [5, 5.41) is 0. The molecule has 154 valence electrons. The zero-order chi connectivity index (χ0) is 20.5. The zero-order valence-electron chi connectivity index (χ0n) is 18.0. The molecule has 0 spiro atoms. The molecular weight excluding hydrogens is 366 g/mol. The summed E-state index contributed by atoms with van der Waals surface area (Å²) in [6.45, 7) is 2.19. The van der Waals surface area contributed by atoms with Crippen LogP contribution in [0.25, 0.3) is 0 Å². The Bertz CT molecular complexity index is 981. The first-order valence-electron chi connectivity index (χ1n) is 11.2. The maximum atomic E-state index is 5.38. The SMILES string of the molecule is COc1ccc([C@H]2C[C@H]3c4ccccc4[C@@H]2C[C@H]3CN(C)Cc2ccccc2)cc1. The molecule has 0 saturated heterocycles. The van der Waals surface area contributed by atoms with Crippen molar-refractivity contribution in [1.29, 1.82) is 0 Å². The highest BCUT2D eigenvalue weighted by Crippen LogP contribution is 2.58. The van der Waals surface area contributed by atoms with E-state index >= 15 is 0 Å². The lowest BCUT2D eigenvalue weighted by molar-refractivity contribution is 0.162. The fraction of sp³-hybridized carbons (Fsp3) is 0.357. The second-order valence-electron chi connectivity index (χ2n) is 9.14. The molecule has 0 aliphatic heterocycles. The smallest absolute Gasteiger partial charge is 0.118 e. The molecule has 0 aromatic heterocycles. The number of methoxy groups -OCH3 is 1. The number of rotatable bonds is 6. The summed E-state index contributed by atoms with van der Waals surface area (Å²) in [6, 6.07) is 28.9. The quantitative estimate of drug-likeness (QED) is 0.491. The van der Waals surface area contributed by atoms with E-state index in [4.69, 9.17) is 4.74 Å². The Balaban J connectivity index is 1.37. The molecule has 1 fully saturated rings. The van der Waals surface area contributed by atoms with Gasteiger partial charge in [-0.25, -0.2) is 0 Å². The number of benzene rings is 3. The Hall–Kier alpha value is -2.58. The van der Waals surface area contributed by atoms with E-state index in [-0.39, 0.29) is 0 Å². The molecule has 4 atom stereocenters. The van der Waals surface area contributed by atoms with E-state index in [1.54, 1.807) is 18.2 Å². The van der Waals surface area contributed by atoms with Gasteiger partial charge in [0.25, 0.3) is 0 Å². The van der Waals surface area contributed by atoms with Gasteiger partial charge < -0.3 is 9.64 Å². The van der Waals surface area contributed by atoms with Gasteiger partial charge in [0.1, 0.15) is 5.75 Å². The first-order valence-corrected chi connectivity index (χ1v) is 11.2. The van der Waals surface area contributed by atoms with E-state index in [9.17, 15) is 0 Å². The lowest BCUT2D eigenvalue weighted by atomic mass is 9.56. The van der Waals surface area contributed by atoms with Crippen LogP contribution in [0.3, 0.4) is 0 Å². The van der Waals surface area contributed by atoms with Crippen LogP contribution < -0.4 is 4.74 Å². The van der Waals surface area contributed by atoms with Crippen molar-refractivity contribution >= 4 is 0 Å². The van der Waals surface area contributed by atoms with Crippen molar-refractivity contribution in [3.8, 4) is 5.75 Å². The van der Waals surface area contributed by atoms with E-state index in [0.29, 0.717) is 17.8 Å². The third kappa shape index (κ3) is 3.65. The minimum Gasteiger partial charge on any atom is -0.497 e. The molecule has 3 aliphatic rings. The topological polar surface area (TPSA) is 12.5 Å². The number of ether oxygens (including phenoxy) is 1. The molecule has 2 heteroatoms. The van der Waals surface area contributed by atoms with Gasteiger partial charge in [0.15, 0.2) is 0 Å². The van der Waals surface area contributed by atoms with E-state index in [1.165, 1.54) is 30.5 Å². The maximum Gasteiger partial charge on any atom is 0.118 e. The molecule has 3 aromatic rings. The van der Waals surface area contributed by atoms with Crippen LogP contribution in [0.2, 0.25) is 0 Å². The monoisotopic (exact) mass is 397 g/mol. The van der Waals surface area contributed by atoms with Crippen LogP contribution in [0.4, 0.5) is 0 Å². The summed E-state index contributed by atoms with van der Waals surface area (Å²) in [6.07, 6.45) is 2.55. The molecule has 1 saturated carbocycles. The van der Waals surface area contributed by atoms with Crippen molar-refractivity contribution in [2.45, 2.75) is 37.1 Å². The fourth-order valence-electron chi connectivity index (χ4n) is 5.98. The first-order chi connectivity index (χ1) is 14.7. The van der Waals surface area contributed by atoms with Gasteiger partial charge in [-0.2, -0.15) is 0 Å².